The van der Waals surface area contributed by atoms with Crippen molar-refractivity contribution in [2.24, 2.45) is 7.05 Å². The van der Waals surface area contributed by atoms with Gasteiger partial charge in [0.2, 0.25) is 11.8 Å². The van der Waals surface area contributed by atoms with E-state index in [1.165, 1.54) is 0 Å². The van der Waals surface area contributed by atoms with E-state index in [9.17, 15) is 9.59 Å². The lowest BCUT2D eigenvalue weighted by Gasteiger charge is -2.28. The van der Waals surface area contributed by atoms with Crippen molar-refractivity contribution in [2.45, 2.75) is 51.5 Å². The molecule has 0 spiro atoms. The highest BCUT2D eigenvalue weighted by molar-refractivity contribution is 5.85. The van der Waals surface area contributed by atoms with Gasteiger partial charge in [0, 0.05) is 32.8 Å². The molecule has 0 aliphatic carbocycles. The number of aryl methyl sites for hydroxylation is 2. The number of imidazole rings is 1. The van der Waals surface area contributed by atoms with E-state index in [2.05, 4.69) is 4.98 Å². The zero-order valence-corrected chi connectivity index (χ0v) is 14.1. The molecule has 2 saturated heterocycles. The van der Waals surface area contributed by atoms with Gasteiger partial charge in [-0.1, -0.05) is 6.42 Å². The maximum atomic E-state index is 12.8. The lowest BCUT2D eigenvalue weighted by Crippen LogP contribution is -2.42. The first-order valence-electron chi connectivity index (χ1n) is 8.63. The average Bonchev–Trinajstić information content (AvgIpc) is 3.05. The van der Waals surface area contributed by atoms with Crippen molar-refractivity contribution in [3.8, 4) is 0 Å². The van der Waals surface area contributed by atoms with Crippen molar-refractivity contribution in [2.75, 3.05) is 19.6 Å². The molecule has 3 rings (SSSR count). The number of hydrogen-bond acceptors (Lipinski definition) is 3. The summed E-state index contributed by atoms with van der Waals surface area (Å²) < 4.78 is 2.02. The topological polar surface area (TPSA) is 58.4 Å². The quantitative estimate of drug-likeness (QED) is 0.854. The summed E-state index contributed by atoms with van der Waals surface area (Å²) in [7, 11) is 1.98. The highest BCUT2D eigenvalue weighted by Crippen LogP contribution is 2.31. The number of likely N-dealkylation sites (tertiary alicyclic amines) is 2. The fraction of sp³-hybridized carbons (Fsp3) is 0.706. The minimum absolute atomic E-state index is 0.0447. The van der Waals surface area contributed by atoms with Crippen LogP contribution in [0.4, 0.5) is 0 Å². The number of amides is 2. The SMILES string of the molecule is Cc1cn(C)c([C@@H]2CCCN2C(=O)CN2CCCCCC2=O)n1. The van der Waals surface area contributed by atoms with E-state index in [0.29, 0.717) is 13.0 Å². The maximum absolute atomic E-state index is 12.8. The third-order valence-electron chi connectivity index (χ3n) is 4.90. The van der Waals surface area contributed by atoms with Gasteiger partial charge < -0.3 is 14.4 Å². The molecule has 2 amide bonds. The second-order valence-corrected chi connectivity index (χ2v) is 6.72. The van der Waals surface area contributed by atoms with Crippen LogP contribution in [0, 0.1) is 6.92 Å². The van der Waals surface area contributed by atoms with Gasteiger partial charge >= 0.3 is 0 Å². The fourth-order valence-electron chi connectivity index (χ4n) is 3.74. The van der Waals surface area contributed by atoms with Crippen molar-refractivity contribution in [3.63, 3.8) is 0 Å². The predicted octanol–water partition coefficient (Wildman–Crippen LogP) is 1.79. The Bertz CT molecular complexity index is 595. The van der Waals surface area contributed by atoms with Crippen LogP contribution < -0.4 is 0 Å². The molecule has 0 N–H and O–H groups in total. The van der Waals surface area contributed by atoms with Gasteiger partial charge in [-0.25, -0.2) is 4.98 Å². The summed E-state index contributed by atoms with van der Waals surface area (Å²) in [5.74, 6) is 1.14. The standard InChI is InChI=1S/C17H26N4O2/c1-13-11-19(2)17(18-13)14-7-6-10-21(14)16(23)12-20-9-5-3-4-8-15(20)22/h11,14H,3-10,12H2,1-2H3/t14-/m0/s1. The molecule has 1 aromatic heterocycles. The highest BCUT2D eigenvalue weighted by Gasteiger charge is 2.34. The summed E-state index contributed by atoms with van der Waals surface area (Å²) >= 11 is 0. The Morgan fingerprint density at radius 1 is 1.26 bits per heavy atom. The van der Waals surface area contributed by atoms with Crippen LogP contribution in [0.25, 0.3) is 0 Å². The van der Waals surface area contributed by atoms with Crippen LogP contribution in [-0.2, 0) is 16.6 Å². The Morgan fingerprint density at radius 3 is 2.83 bits per heavy atom. The van der Waals surface area contributed by atoms with E-state index in [4.69, 9.17) is 0 Å². The van der Waals surface area contributed by atoms with Gasteiger partial charge in [-0.3, -0.25) is 9.59 Å². The summed E-state index contributed by atoms with van der Waals surface area (Å²) in [6.45, 7) is 3.67. The number of carbonyl (C=O) groups excluding carboxylic acids is 2. The van der Waals surface area contributed by atoms with Gasteiger partial charge in [0.15, 0.2) is 0 Å². The van der Waals surface area contributed by atoms with Gasteiger partial charge in [-0.05, 0) is 32.6 Å². The van der Waals surface area contributed by atoms with Crippen molar-refractivity contribution in [1.82, 2.24) is 19.4 Å². The smallest absolute Gasteiger partial charge is 0.242 e. The van der Waals surface area contributed by atoms with Gasteiger partial charge in [0.05, 0.1) is 18.3 Å². The highest BCUT2D eigenvalue weighted by atomic mass is 16.2. The Labute approximate surface area is 137 Å². The molecule has 0 bridgehead atoms. The molecule has 23 heavy (non-hydrogen) atoms. The van der Waals surface area contributed by atoms with Crippen LogP contribution in [0.2, 0.25) is 0 Å². The molecule has 126 valence electrons. The molecule has 1 aromatic rings. The average molecular weight is 318 g/mol. The molecule has 0 aromatic carbocycles. The minimum atomic E-state index is 0.0447. The Kier molecular flexibility index (Phi) is 4.68. The number of aromatic nitrogens is 2. The number of hydrogen-bond donors (Lipinski definition) is 0. The number of rotatable bonds is 3. The Hall–Kier alpha value is -1.85. The normalized spacial score (nSPS) is 22.5. The molecule has 0 unspecified atom stereocenters. The summed E-state index contributed by atoms with van der Waals surface area (Å²) in [5, 5.41) is 0. The van der Waals surface area contributed by atoms with E-state index in [-0.39, 0.29) is 24.4 Å². The van der Waals surface area contributed by atoms with Crippen molar-refractivity contribution < 1.29 is 9.59 Å². The van der Waals surface area contributed by atoms with Crippen LogP contribution in [0.3, 0.4) is 0 Å². The van der Waals surface area contributed by atoms with Crippen LogP contribution in [0.15, 0.2) is 6.20 Å². The van der Waals surface area contributed by atoms with Gasteiger partial charge in [0.1, 0.15) is 5.82 Å². The molecule has 2 aliphatic heterocycles. The lowest BCUT2D eigenvalue weighted by molar-refractivity contribution is -0.140. The Balaban J connectivity index is 1.70. The van der Waals surface area contributed by atoms with Crippen LogP contribution >= 0.6 is 0 Å². The molecule has 2 aliphatic rings. The predicted molar refractivity (Wildman–Crippen MR) is 86.7 cm³/mol. The van der Waals surface area contributed by atoms with Crippen molar-refractivity contribution in [3.05, 3.63) is 17.7 Å². The second-order valence-electron chi connectivity index (χ2n) is 6.72. The van der Waals surface area contributed by atoms with E-state index in [0.717, 1.165) is 50.2 Å². The fourth-order valence-corrected chi connectivity index (χ4v) is 3.74. The molecule has 6 nitrogen and oxygen atoms in total. The second kappa shape index (κ2) is 6.72. The van der Waals surface area contributed by atoms with E-state index in [1.54, 1.807) is 4.90 Å². The largest absolute Gasteiger partial charge is 0.336 e. The van der Waals surface area contributed by atoms with E-state index in [1.807, 2.05) is 29.6 Å². The molecular weight excluding hydrogens is 292 g/mol. The van der Waals surface area contributed by atoms with Gasteiger partial charge in [0.25, 0.3) is 0 Å². The molecular formula is C17H26N4O2. The third kappa shape index (κ3) is 3.41. The summed E-state index contributed by atoms with van der Waals surface area (Å²) in [5.41, 5.74) is 0.976. The first-order chi connectivity index (χ1) is 11.1. The van der Waals surface area contributed by atoms with Crippen LogP contribution in [-0.4, -0.2) is 50.8 Å². The zero-order valence-electron chi connectivity index (χ0n) is 14.1. The van der Waals surface area contributed by atoms with E-state index < -0.39 is 0 Å². The third-order valence-corrected chi connectivity index (χ3v) is 4.90. The maximum Gasteiger partial charge on any atom is 0.242 e. The molecule has 2 fully saturated rings. The molecule has 0 saturated carbocycles. The monoisotopic (exact) mass is 318 g/mol. The molecule has 0 radical (unpaired) electrons. The Morgan fingerprint density at radius 2 is 2.09 bits per heavy atom. The zero-order chi connectivity index (χ0) is 16.4. The van der Waals surface area contributed by atoms with Crippen LogP contribution in [0.1, 0.15) is 56.1 Å². The van der Waals surface area contributed by atoms with Gasteiger partial charge in [-0.15, -0.1) is 0 Å². The minimum Gasteiger partial charge on any atom is -0.336 e. The van der Waals surface area contributed by atoms with Gasteiger partial charge in [-0.2, -0.15) is 0 Å². The summed E-state index contributed by atoms with van der Waals surface area (Å²) in [6, 6.07) is 0.0447. The summed E-state index contributed by atoms with van der Waals surface area (Å²) in [4.78, 5) is 33.1. The van der Waals surface area contributed by atoms with Crippen molar-refractivity contribution >= 4 is 11.8 Å². The van der Waals surface area contributed by atoms with Crippen molar-refractivity contribution in [1.29, 1.82) is 0 Å². The first kappa shape index (κ1) is 16.0. The number of nitrogens with zero attached hydrogens (tertiary/aromatic N) is 4. The molecule has 6 heteroatoms. The first-order valence-corrected chi connectivity index (χ1v) is 8.63. The summed E-state index contributed by atoms with van der Waals surface area (Å²) in [6.07, 6.45) is 7.54. The van der Waals surface area contributed by atoms with Crippen LogP contribution in [0.5, 0.6) is 0 Å². The molecule has 3 heterocycles. The number of carbonyl (C=O) groups is 2. The molecule has 1 atom stereocenters. The lowest BCUT2D eigenvalue weighted by atomic mass is 10.2. The van der Waals surface area contributed by atoms with E-state index >= 15 is 0 Å².